The van der Waals surface area contributed by atoms with Crippen molar-refractivity contribution in [1.29, 1.82) is 0 Å². The Morgan fingerprint density at radius 3 is 2.18 bits per heavy atom. The summed E-state index contributed by atoms with van der Waals surface area (Å²) in [5.41, 5.74) is 3.37. The van der Waals surface area contributed by atoms with E-state index in [0.717, 1.165) is 22.3 Å². The molecular formula is C27H32N2O5. The fourth-order valence-corrected chi connectivity index (χ4v) is 5.39. The molecule has 2 aromatic carbocycles. The van der Waals surface area contributed by atoms with Gasteiger partial charge in [0.25, 0.3) is 0 Å². The fourth-order valence-electron chi connectivity index (χ4n) is 5.39. The third-order valence-electron chi connectivity index (χ3n) is 7.16. The molecule has 0 radical (unpaired) electrons. The number of amides is 2. The van der Waals surface area contributed by atoms with Crippen molar-refractivity contribution in [3.63, 3.8) is 0 Å². The van der Waals surface area contributed by atoms with Gasteiger partial charge in [0.1, 0.15) is 12.1 Å². The molecule has 0 saturated carbocycles. The van der Waals surface area contributed by atoms with Crippen LogP contribution in [0, 0.1) is 11.8 Å². The number of hydrogen-bond acceptors (Lipinski definition) is 4. The highest BCUT2D eigenvalue weighted by Crippen LogP contribution is 2.44. The molecule has 7 nitrogen and oxygen atoms in total. The lowest BCUT2D eigenvalue weighted by molar-refractivity contribution is -0.142. The molecule has 34 heavy (non-hydrogen) atoms. The lowest BCUT2D eigenvalue weighted by Gasteiger charge is -2.33. The summed E-state index contributed by atoms with van der Waals surface area (Å²) in [5, 5.41) is 12.2. The predicted octanol–water partition coefficient (Wildman–Crippen LogP) is 4.26. The Hall–Kier alpha value is -3.35. The number of likely N-dealkylation sites (tertiary alicyclic amines) is 1. The van der Waals surface area contributed by atoms with E-state index in [9.17, 15) is 19.5 Å². The fraction of sp³-hybridized carbons (Fsp3) is 0.444. The van der Waals surface area contributed by atoms with Gasteiger partial charge in [-0.1, -0.05) is 68.8 Å². The number of rotatable bonds is 7. The zero-order valence-corrected chi connectivity index (χ0v) is 19.9. The number of alkyl carbamates (subject to hydrolysis) is 1. The first-order valence-electron chi connectivity index (χ1n) is 11.9. The van der Waals surface area contributed by atoms with Gasteiger partial charge in [0.15, 0.2) is 0 Å². The Balaban J connectivity index is 1.45. The summed E-state index contributed by atoms with van der Waals surface area (Å²) in [4.78, 5) is 39.3. The number of ether oxygens (including phenoxy) is 1. The van der Waals surface area contributed by atoms with E-state index in [0.29, 0.717) is 19.4 Å². The van der Waals surface area contributed by atoms with E-state index in [4.69, 9.17) is 4.74 Å². The molecule has 2 aromatic rings. The van der Waals surface area contributed by atoms with Crippen molar-refractivity contribution in [2.45, 2.75) is 45.1 Å². The Labute approximate surface area is 200 Å². The van der Waals surface area contributed by atoms with Crippen LogP contribution in [0.15, 0.2) is 48.5 Å². The zero-order valence-electron chi connectivity index (χ0n) is 19.9. The number of benzene rings is 2. The molecule has 3 atom stereocenters. The molecule has 1 unspecified atom stereocenters. The predicted molar refractivity (Wildman–Crippen MR) is 128 cm³/mol. The van der Waals surface area contributed by atoms with E-state index < -0.39 is 23.5 Å². The second-order valence-corrected chi connectivity index (χ2v) is 9.66. The van der Waals surface area contributed by atoms with Crippen LogP contribution in [0.1, 0.15) is 50.7 Å². The second-order valence-electron chi connectivity index (χ2n) is 9.66. The Kier molecular flexibility index (Phi) is 6.64. The van der Waals surface area contributed by atoms with Gasteiger partial charge in [0.2, 0.25) is 5.91 Å². The summed E-state index contributed by atoms with van der Waals surface area (Å²) in [6.07, 6.45) is 0.462. The zero-order chi connectivity index (χ0) is 24.5. The summed E-state index contributed by atoms with van der Waals surface area (Å²) < 4.78 is 5.66. The van der Waals surface area contributed by atoms with E-state index in [1.54, 1.807) is 11.8 Å². The van der Waals surface area contributed by atoms with Crippen LogP contribution in [-0.2, 0) is 14.3 Å². The maximum Gasteiger partial charge on any atom is 0.408 e. The number of nitrogens with zero attached hydrogens (tertiary/aromatic N) is 1. The van der Waals surface area contributed by atoms with Crippen molar-refractivity contribution in [3.8, 4) is 11.1 Å². The molecule has 1 saturated heterocycles. The SMILES string of the molecule is CCCC(C)(NC(=O)OCC1c2ccccc2-c2ccccc21)C(=O)N1C[C@@H](C)[C@H](C(=O)O)C1. The monoisotopic (exact) mass is 464 g/mol. The number of carbonyl (C=O) groups is 3. The highest BCUT2D eigenvalue weighted by atomic mass is 16.5. The Morgan fingerprint density at radius 2 is 1.65 bits per heavy atom. The second kappa shape index (κ2) is 9.49. The van der Waals surface area contributed by atoms with Gasteiger partial charge < -0.3 is 20.1 Å². The van der Waals surface area contributed by atoms with E-state index in [2.05, 4.69) is 29.6 Å². The van der Waals surface area contributed by atoms with Crippen LogP contribution in [0.2, 0.25) is 0 Å². The van der Waals surface area contributed by atoms with Crippen molar-refractivity contribution >= 4 is 18.0 Å². The van der Waals surface area contributed by atoms with Gasteiger partial charge >= 0.3 is 12.1 Å². The van der Waals surface area contributed by atoms with Crippen LogP contribution in [0.5, 0.6) is 0 Å². The van der Waals surface area contributed by atoms with Crippen LogP contribution in [0.25, 0.3) is 11.1 Å². The normalized spacial score (nSPS) is 20.9. The number of aliphatic carboxylic acids is 1. The maximum atomic E-state index is 13.4. The number of fused-ring (bicyclic) bond motifs is 3. The van der Waals surface area contributed by atoms with E-state index >= 15 is 0 Å². The van der Waals surface area contributed by atoms with Gasteiger partial charge in [0.05, 0.1) is 5.92 Å². The number of carboxylic acids is 1. The van der Waals surface area contributed by atoms with E-state index in [-0.39, 0.29) is 30.9 Å². The first-order chi connectivity index (χ1) is 16.2. The first-order valence-corrected chi connectivity index (χ1v) is 11.9. The van der Waals surface area contributed by atoms with Crippen LogP contribution in [0.3, 0.4) is 0 Å². The van der Waals surface area contributed by atoms with Crippen LogP contribution in [-0.4, -0.2) is 53.2 Å². The van der Waals surface area contributed by atoms with Crippen LogP contribution >= 0.6 is 0 Å². The van der Waals surface area contributed by atoms with Gasteiger partial charge in [-0.05, 0) is 41.5 Å². The Bertz CT molecular complexity index is 1050. The van der Waals surface area contributed by atoms with E-state index in [1.807, 2.05) is 38.1 Å². The van der Waals surface area contributed by atoms with Crippen molar-refractivity contribution in [2.24, 2.45) is 11.8 Å². The lowest BCUT2D eigenvalue weighted by atomic mass is 9.94. The minimum absolute atomic E-state index is 0.0676. The summed E-state index contributed by atoms with van der Waals surface area (Å²) in [6.45, 7) is 6.15. The molecule has 2 N–H and O–H groups in total. The molecule has 1 heterocycles. The average Bonchev–Trinajstić information content (AvgIpc) is 3.35. The molecule has 1 aliphatic carbocycles. The standard InChI is InChI=1S/C27H32N2O5/c1-4-13-27(3,25(32)29-14-17(2)22(15-29)24(30)31)28-26(33)34-16-23-20-11-7-5-9-18(20)19-10-6-8-12-21(19)23/h5-12,17,22-23H,4,13-16H2,1-3H3,(H,28,33)(H,30,31)/t17-,22-,27?/m1/s1. The quantitative estimate of drug-likeness (QED) is 0.638. The topological polar surface area (TPSA) is 95.9 Å². The van der Waals surface area contributed by atoms with Gasteiger partial charge in [-0.25, -0.2) is 4.79 Å². The van der Waals surface area contributed by atoms with Gasteiger partial charge in [-0.2, -0.15) is 0 Å². The van der Waals surface area contributed by atoms with Crippen LogP contribution < -0.4 is 5.32 Å². The third kappa shape index (κ3) is 4.39. The smallest absolute Gasteiger partial charge is 0.408 e. The van der Waals surface area contributed by atoms with Crippen LogP contribution in [0.4, 0.5) is 4.79 Å². The first kappa shape index (κ1) is 23.8. The Morgan fingerprint density at radius 1 is 1.06 bits per heavy atom. The summed E-state index contributed by atoms with van der Waals surface area (Å²) >= 11 is 0. The molecule has 0 spiro atoms. The maximum absolute atomic E-state index is 13.4. The molecule has 1 aliphatic heterocycles. The molecule has 1 fully saturated rings. The molecule has 0 bridgehead atoms. The largest absolute Gasteiger partial charge is 0.481 e. The average molecular weight is 465 g/mol. The number of hydrogen-bond donors (Lipinski definition) is 2. The molecule has 2 aliphatic rings. The van der Waals surface area contributed by atoms with E-state index in [1.165, 1.54) is 0 Å². The van der Waals surface area contributed by atoms with Gasteiger partial charge in [0, 0.05) is 19.0 Å². The molecule has 0 aromatic heterocycles. The van der Waals surface area contributed by atoms with Crippen molar-refractivity contribution in [2.75, 3.05) is 19.7 Å². The minimum atomic E-state index is -1.16. The summed E-state index contributed by atoms with van der Waals surface area (Å²) in [5.74, 6) is -1.96. The summed E-state index contributed by atoms with van der Waals surface area (Å²) in [6, 6.07) is 16.2. The van der Waals surface area contributed by atoms with Crippen molar-refractivity contribution < 1.29 is 24.2 Å². The minimum Gasteiger partial charge on any atom is -0.481 e. The third-order valence-corrected chi connectivity index (χ3v) is 7.16. The number of nitrogens with one attached hydrogen (secondary N) is 1. The molecule has 180 valence electrons. The molecule has 2 amide bonds. The molecule has 7 heteroatoms. The summed E-state index contributed by atoms with van der Waals surface area (Å²) in [7, 11) is 0. The highest BCUT2D eigenvalue weighted by Gasteiger charge is 2.44. The number of carboxylic acid groups (broad SMARTS) is 1. The lowest BCUT2D eigenvalue weighted by Crippen LogP contribution is -2.57. The molecule has 4 rings (SSSR count). The number of carbonyl (C=O) groups excluding carboxylic acids is 2. The van der Waals surface area contributed by atoms with Crippen molar-refractivity contribution in [1.82, 2.24) is 10.2 Å². The van der Waals surface area contributed by atoms with Gasteiger partial charge in [-0.3, -0.25) is 9.59 Å². The molecular weight excluding hydrogens is 432 g/mol. The highest BCUT2D eigenvalue weighted by molar-refractivity contribution is 5.90. The van der Waals surface area contributed by atoms with Crippen molar-refractivity contribution in [3.05, 3.63) is 59.7 Å². The van der Waals surface area contributed by atoms with Gasteiger partial charge in [-0.15, -0.1) is 0 Å².